The minimum Gasteiger partial charge on any atom is -0.349 e. The summed E-state index contributed by atoms with van der Waals surface area (Å²) in [5, 5.41) is 4.29. The van der Waals surface area contributed by atoms with Crippen LogP contribution in [0.1, 0.15) is 36.4 Å². The van der Waals surface area contributed by atoms with Crippen LogP contribution in [0.15, 0.2) is 30.9 Å². The van der Waals surface area contributed by atoms with Crippen LogP contribution in [0, 0.1) is 0 Å². The molecule has 4 nitrogen and oxygen atoms in total. The van der Waals surface area contributed by atoms with Crippen molar-refractivity contribution in [1.82, 2.24) is 14.9 Å². The molecular weight excluding hydrogens is 321 g/mol. The highest BCUT2D eigenvalue weighted by Gasteiger charge is 2.26. The molecule has 0 aliphatic heterocycles. The van der Waals surface area contributed by atoms with Crippen molar-refractivity contribution in [2.75, 3.05) is 0 Å². The quantitative estimate of drug-likeness (QED) is 0.902. The number of hydrogen-bond acceptors (Lipinski definition) is 2. The van der Waals surface area contributed by atoms with Gasteiger partial charge in [-0.3, -0.25) is 4.79 Å². The fraction of sp³-hybridized carbons (Fsp3) is 0.375. The molecule has 1 N–H and O–H groups in total. The van der Waals surface area contributed by atoms with E-state index in [-0.39, 0.29) is 11.9 Å². The van der Waals surface area contributed by atoms with Gasteiger partial charge in [-0.1, -0.05) is 29.3 Å². The first-order valence-electron chi connectivity index (χ1n) is 7.37. The highest BCUT2D eigenvalue weighted by molar-refractivity contribution is 6.42. The SMILES string of the molecule is O=C(CCCn1ccnc1)NC1CCc2c1ccc(Cl)c2Cl. The van der Waals surface area contributed by atoms with Gasteiger partial charge in [0.25, 0.3) is 0 Å². The van der Waals surface area contributed by atoms with Crippen molar-refractivity contribution >= 4 is 29.1 Å². The van der Waals surface area contributed by atoms with Gasteiger partial charge in [-0.2, -0.15) is 0 Å². The molecule has 1 aromatic heterocycles. The molecule has 1 amide bonds. The second-order valence-corrected chi connectivity index (χ2v) is 6.28. The molecule has 1 atom stereocenters. The Balaban J connectivity index is 1.54. The Morgan fingerprint density at radius 2 is 2.27 bits per heavy atom. The standard InChI is InChI=1S/C16H17Cl2N3O/c17-13-5-3-11-12(16(13)18)4-6-14(11)20-15(22)2-1-8-21-9-7-19-10-21/h3,5,7,9-10,14H,1-2,4,6,8H2,(H,20,22). The number of imidazole rings is 1. The first kappa shape index (κ1) is 15.4. The molecule has 3 rings (SSSR count). The van der Waals surface area contributed by atoms with E-state index in [0.29, 0.717) is 16.5 Å². The molecule has 0 saturated heterocycles. The Labute approximate surface area is 139 Å². The lowest BCUT2D eigenvalue weighted by Gasteiger charge is -2.14. The van der Waals surface area contributed by atoms with Gasteiger partial charge in [-0.05, 0) is 36.5 Å². The number of benzene rings is 1. The summed E-state index contributed by atoms with van der Waals surface area (Å²) in [6.07, 6.45) is 8.43. The van der Waals surface area contributed by atoms with E-state index in [1.54, 1.807) is 18.6 Å². The van der Waals surface area contributed by atoms with E-state index in [4.69, 9.17) is 23.2 Å². The molecule has 0 saturated carbocycles. The lowest BCUT2D eigenvalue weighted by Crippen LogP contribution is -2.27. The normalized spacial score (nSPS) is 16.5. The second-order valence-electron chi connectivity index (χ2n) is 5.49. The first-order valence-corrected chi connectivity index (χ1v) is 8.12. The highest BCUT2D eigenvalue weighted by Crippen LogP contribution is 2.39. The summed E-state index contributed by atoms with van der Waals surface area (Å²) in [7, 11) is 0. The summed E-state index contributed by atoms with van der Waals surface area (Å²) in [6.45, 7) is 0.802. The number of carbonyl (C=O) groups excluding carboxylic acids is 1. The van der Waals surface area contributed by atoms with Crippen LogP contribution in [0.2, 0.25) is 10.0 Å². The highest BCUT2D eigenvalue weighted by atomic mass is 35.5. The predicted molar refractivity (Wildman–Crippen MR) is 87.1 cm³/mol. The molecule has 0 bridgehead atoms. The molecule has 0 spiro atoms. The molecule has 1 heterocycles. The third-order valence-electron chi connectivity index (χ3n) is 4.01. The van der Waals surface area contributed by atoms with Crippen molar-refractivity contribution < 1.29 is 4.79 Å². The Bertz CT molecular complexity index is 670. The molecule has 2 aromatic rings. The maximum Gasteiger partial charge on any atom is 0.220 e. The topological polar surface area (TPSA) is 46.9 Å². The minimum absolute atomic E-state index is 0.0468. The maximum atomic E-state index is 12.1. The predicted octanol–water partition coefficient (Wildman–Crippen LogP) is 3.77. The zero-order valence-electron chi connectivity index (χ0n) is 12.1. The number of nitrogens with zero attached hydrogens (tertiary/aromatic N) is 2. The van der Waals surface area contributed by atoms with Crippen LogP contribution in [-0.2, 0) is 17.8 Å². The molecule has 6 heteroatoms. The average molecular weight is 338 g/mol. The minimum atomic E-state index is 0.0468. The van der Waals surface area contributed by atoms with E-state index in [1.807, 2.05) is 16.8 Å². The molecule has 1 aliphatic carbocycles. The Hall–Kier alpha value is -1.52. The van der Waals surface area contributed by atoms with Crippen LogP contribution in [-0.4, -0.2) is 15.5 Å². The number of nitrogens with one attached hydrogen (secondary N) is 1. The molecule has 1 aromatic carbocycles. The van der Waals surface area contributed by atoms with Crippen molar-refractivity contribution in [2.24, 2.45) is 0 Å². The van der Waals surface area contributed by atoms with E-state index in [2.05, 4.69) is 10.3 Å². The number of amides is 1. The lowest BCUT2D eigenvalue weighted by atomic mass is 10.1. The Morgan fingerprint density at radius 3 is 3.05 bits per heavy atom. The van der Waals surface area contributed by atoms with Gasteiger partial charge in [0.1, 0.15) is 0 Å². The van der Waals surface area contributed by atoms with Crippen LogP contribution >= 0.6 is 23.2 Å². The monoisotopic (exact) mass is 337 g/mol. The van der Waals surface area contributed by atoms with Crippen molar-refractivity contribution in [1.29, 1.82) is 0 Å². The molecule has 116 valence electrons. The van der Waals surface area contributed by atoms with Crippen molar-refractivity contribution in [2.45, 2.75) is 38.3 Å². The summed E-state index contributed by atoms with van der Waals surface area (Å²) >= 11 is 12.3. The average Bonchev–Trinajstić information content (AvgIpc) is 3.13. The number of rotatable bonds is 5. The van der Waals surface area contributed by atoms with Gasteiger partial charge < -0.3 is 9.88 Å². The van der Waals surface area contributed by atoms with Gasteiger partial charge in [0.15, 0.2) is 0 Å². The Morgan fingerprint density at radius 1 is 1.41 bits per heavy atom. The van der Waals surface area contributed by atoms with E-state index < -0.39 is 0 Å². The van der Waals surface area contributed by atoms with Crippen molar-refractivity contribution in [3.05, 3.63) is 52.0 Å². The number of carbonyl (C=O) groups is 1. The van der Waals surface area contributed by atoms with Gasteiger partial charge in [0.2, 0.25) is 5.91 Å². The number of halogens is 2. The molecule has 1 aliphatic rings. The number of hydrogen-bond donors (Lipinski definition) is 1. The van der Waals surface area contributed by atoms with Crippen LogP contribution in [0.5, 0.6) is 0 Å². The zero-order chi connectivity index (χ0) is 15.5. The molecular formula is C16H17Cl2N3O. The summed E-state index contributed by atoms with van der Waals surface area (Å²) < 4.78 is 1.97. The fourth-order valence-corrected chi connectivity index (χ4v) is 3.33. The Kier molecular flexibility index (Phi) is 4.69. The summed E-state index contributed by atoms with van der Waals surface area (Å²) in [5.41, 5.74) is 2.16. The number of aromatic nitrogens is 2. The molecule has 22 heavy (non-hydrogen) atoms. The number of fused-ring (bicyclic) bond motifs is 1. The fourth-order valence-electron chi connectivity index (χ4n) is 2.89. The summed E-state index contributed by atoms with van der Waals surface area (Å²) in [6, 6.07) is 3.81. The molecule has 0 radical (unpaired) electrons. The summed E-state index contributed by atoms with van der Waals surface area (Å²) in [5.74, 6) is 0.0732. The van der Waals surface area contributed by atoms with Crippen molar-refractivity contribution in [3.8, 4) is 0 Å². The van der Waals surface area contributed by atoms with Crippen LogP contribution < -0.4 is 5.32 Å². The number of aryl methyl sites for hydroxylation is 1. The molecule has 1 unspecified atom stereocenters. The first-order chi connectivity index (χ1) is 10.6. The van der Waals surface area contributed by atoms with Gasteiger partial charge >= 0.3 is 0 Å². The van der Waals surface area contributed by atoms with Crippen molar-refractivity contribution in [3.63, 3.8) is 0 Å². The second kappa shape index (κ2) is 6.71. The van der Waals surface area contributed by atoms with E-state index in [9.17, 15) is 4.79 Å². The third kappa shape index (κ3) is 3.28. The van der Waals surface area contributed by atoms with Crippen LogP contribution in [0.3, 0.4) is 0 Å². The maximum absolute atomic E-state index is 12.1. The largest absolute Gasteiger partial charge is 0.349 e. The van der Waals surface area contributed by atoms with Gasteiger partial charge in [0.05, 0.1) is 22.4 Å². The van der Waals surface area contributed by atoms with Gasteiger partial charge in [-0.15, -0.1) is 0 Å². The summed E-state index contributed by atoms with van der Waals surface area (Å²) in [4.78, 5) is 16.1. The van der Waals surface area contributed by atoms with E-state index >= 15 is 0 Å². The zero-order valence-corrected chi connectivity index (χ0v) is 13.6. The third-order valence-corrected chi connectivity index (χ3v) is 4.85. The van der Waals surface area contributed by atoms with Crippen LogP contribution in [0.25, 0.3) is 0 Å². The smallest absolute Gasteiger partial charge is 0.220 e. The molecule has 0 fully saturated rings. The van der Waals surface area contributed by atoms with Gasteiger partial charge in [-0.25, -0.2) is 4.98 Å². The van der Waals surface area contributed by atoms with Crippen LogP contribution in [0.4, 0.5) is 0 Å². The van der Waals surface area contributed by atoms with Gasteiger partial charge in [0, 0.05) is 25.4 Å². The van der Waals surface area contributed by atoms with E-state index in [0.717, 1.165) is 36.9 Å². The lowest BCUT2D eigenvalue weighted by molar-refractivity contribution is -0.122. The van der Waals surface area contributed by atoms with E-state index in [1.165, 1.54) is 0 Å².